The van der Waals surface area contributed by atoms with Gasteiger partial charge in [-0.1, -0.05) is 25.3 Å². The van der Waals surface area contributed by atoms with Crippen molar-refractivity contribution in [1.29, 1.82) is 0 Å². The van der Waals surface area contributed by atoms with Gasteiger partial charge in [0.2, 0.25) is 5.79 Å². The van der Waals surface area contributed by atoms with Crippen LogP contribution in [-0.4, -0.2) is 31.8 Å². The second-order valence-electron chi connectivity index (χ2n) is 5.81. The number of ether oxygens (including phenoxy) is 4. The van der Waals surface area contributed by atoms with Crippen molar-refractivity contribution in [3.8, 4) is 5.75 Å². The van der Waals surface area contributed by atoms with E-state index in [1.807, 2.05) is 0 Å². The van der Waals surface area contributed by atoms with Crippen LogP contribution >= 0.6 is 0 Å². The van der Waals surface area contributed by atoms with Crippen molar-refractivity contribution in [2.45, 2.75) is 51.2 Å². The lowest BCUT2D eigenvalue weighted by Crippen LogP contribution is -2.22. The summed E-state index contributed by atoms with van der Waals surface area (Å²) in [6, 6.07) is 6.17. The van der Waals surface area contributed by atoms with Gasteiger partial charge in [0.05, 0.1) is 13.2 Å². The number of epoxide rings is 1. The van der Waals surface area contributed by atoms with Crippen LogP contribution in [0.3, 0.4) is 0 Å². The number of carbonyl (C=O) groups excluding carboxylic acids is 1. The Morgan fingerprint density at radius 3 is 2.71 bits per heavy atom. The number of hydrogen-bond donors (Lipinski definition) is 0. The molecule has 0 bridgehead atoms. The Hall–Kier alpha value is -1.82. The largest absolute Gasteiger partial charge is 0.510 e. The average molecular weight is 340 g/mol. The third-order valence-corrected chi connectivity index (χ3v) is 3.76. The van der Waals surface area contributed by atoms with E-state index in [-0.39, 0.29) is 5.82 Å². The van der Waals surface area contributed by atoms with Crippen LogP contribution in [0.1, 0.15) is 45.4 Å². The summed E-state index contributed by atoms with van der Waals surface area (Å²) in [5.74, 6) is -0.458. The third-order valence-electron chi connectivity index (χ3n) is 3.76. The maximum atomic E-state index is 13.0. The van der Waals surface area contributed by atoms with Crippen molar-refractivity contribution in [3.05, 3.63) is 30.1 Å². The Bertz CT molecular complexity index is 516. The van der Waals surface area contributed by atoms with E-state index in [9.17, 15) is 9.18 Å². The van der Waals surface area contributed by atoms with Gasteiger partial charge in [0.15, 0.2) is 0 Å². The zero-order valence-corrected chi connectivity index (χ0v) is 14.1. The smallest absolute Gasteiger partial charge is 0.493 e. The number of rotatable bonds is 11. The Labute approximate surface area is 142 Å². The fraction of sp³-hybridized carbons (Fsp3) is 0.611. The van der Waals surface area contributed by atoms with Crippen LogP contribution in [0.15, 0.2) is 24.3 Å². The molecule has 0 aliphatic carbocycles. The number of unbranched alkanes of at least 4 members (excludes halogenated alkanes) is 4. The molecule has 0 saturated carbocycles. The summed E-state index contributed by atoms with van der Waals surface area (Å²) in [6.07, 6.45) is 5.05. The zero-order chi connectivity index (χ0) is 17.3. The number of halogens is 1. The molecule has 0 radical (unpaired) electrons. The second kappa shape index (κ2) is 9.47. The Balaban J connectivity index is 1.46. The summed E-state index contributed by atoms with van der Waals surface area (Å²) in [7, 11) is 0. The highest BCUT2D eigenvalue weighted by Gasteiger charge is 2.49. The van der Waals surface area contributed by atoms with Gasteiger partial charge in [0.25, 0.3) is 0 Å². The molecule has 0 N–H and O–H groups in total. The van der Waals surface area contributed by atoms with Crippen LogP contribution in [0.4, 0.5) is 9.18 Å². The molecule has 134 valence electrons. The zero-order valence-electron chi connectivity index (χ0n) is 14.1. The van der Waals surface area contributed by atoms with Gasteiger partial charge in [-0.3, -0.25) is 0 Å². The quantitative estimate of drug-likeness (QED) is 0.338. The molecule has 1 heterocycles. The van der Waals surface area contributed by atoms with Crippen LogP contribution in [-0.2, 0) is 14.2 Å². The third kappa shape index (κ3) is 6.74. The minimum absolute atomic E-state index is 0.284. The first-order valence-corrected chi connectivity index (χ1v) is 8.52. The summed E-state index contributed by atoms with van der Waals surface area (Å²) in [5, 5.41) is 0. The Kier molecular flexibility index (Phi) is 7.31. The molecule has 2 rings (SSSR count). The molecule has 1 aromatic carbocycles. The monoisotopic (exact) mass is 340 g/mol. The van der Waals surface area contributed by atoms with E-state index < -0.39 is 11.9 Å². The van der Waals surface area contributed by atoms with E-state index in [2.05, 4.69) is 0 Å². The molecule has 1 saturated heterocycles. The molecule has 1 aliphatic heterocycles. The van der Waals surface area contributed by atoms with Gasteiger partial charge in [-0.2, -0.15) is 0 Å². The van der Waals surface area contributed by atoms with Gasteiger partial charge in [-0.25, -0.2) is 9.18 Å². The summed E-state index contributed by atoms with van der Waals surface area (Å²) < 4.78 is 33.6. The lowest BCUT2D eigenvalue weighted by molar-refractivity contribution is -0.0381. The Morgan fingerprint density at radius 1 is 1.25 bits per heavy atom. The Morgan fingerprint density at radius 2 is 2.00 bits per heavy atom. The van der Waals surface area contributed by atoms with Crippen molar-refractivity contribution in [1.82, 2.24) is 0 Å². The van der Waals surface area contributed by atoms with Gasteiger partial charge in [0.1, 0.15) is 18.2 Å². The highest BCUT2D eigenvalue weighted by atomic mass is 19.1. The predicted molar refractivity (Wildman–Crippen MR) is 86.4 cm³/mol. The molecule has 1 unspecified atom stereocenters. The number of hydrogen-bond acceptors (Lipinski definition) is 5. The molecule has 1 fully saturated rings. The molecule has 24 heavy (non-hydrogen) atoms. The normalized spacial score (nSPS) is 18.9. The molecule has 5 nitrogen and oxygen atoms in total. The lowest BCUT2D eigenvalue weighted by atomic mass is 10.1. The minimum atomic E-state index is -0.743. The van der Waals surface area contributed by atoms with Crippen molar-refractivity contribution in [2.24, 2.45) is 0 Å². The van der Waals surface area contributed by atoms with Crippen molar-refractivity contribution in [3.63, 3.8) is 0 Å². The summed E-state index contributed by atoms with van der Waals surface area (Å²) in [6.45, 7) is 3.07. The molecule has 1 aliphatic rings. The summed E-state index contributed by atoms with van der Waals surface area (Å²) in [4.78, 5) is 11.3. The van der Waals surface area contributed by atoms with Crippen molar-refractivity contribution < 1.29 is 28.1 Å². The van der Waals surface area contributed by atoms with E-state index >= 15 is 0 Å². The molecule has 6 heteroatoms. The van der Waals surface area contributed by atoms with Gasteiger partial charge < -0.3 is 18.9 Å². The fourth-order valence-corrected chi connectivity index (χ4v) is 2.41. The van der Waals surface area contributed by atoms with Gasteiger partial charge in [-0.15, -0.1) is 0 Å². The highest BCUT2D eigenvalue weighted by Crippen LogP contribution is 2.34. The predicted octanol–water partition coefficient (Wildman–Crippen LogP) is 4.44. The van der Waals surface area contributed by atoms with E-state index in [1.54, 1.807) is 19.1 Å². The first kappa shape index (κ1) is 18.5. The topological polar surface area (TPSA) is 57.3 Å². The van der Waals surface area contributed by atoms with Crippen LogP contribution in [0.2, 0.25) is 0 Å². The van der Waals surface area contributed by atoms with Crippen LogP contribution in [0, 0.1) is 5.82 Å². The summed E-state index contributed by atoms with van der Waals surface area (Å²) >= 11 is 0. The van der Waals surface area contributed by atoms with Gasteiger partial charge in [0, 0.05) is 12.5 Å². The molecular weight excluding hydrogens is 315 g/mol. The van der Waals surface area contributed by atoms with Gasteiger partial charge >= 0.3 is 6.16 Å². The van der Waals surface area contributed by atoms with Crippen LogP contribution < -0.4 is 4.74 Å². The molecule has 0 spiro atoms. The molecule has 0 amide bonds. The maximum Gasteiger partial charge on any atom is 0.510 e. The molecule has 1 atom stereocenters. The minimum Gasteiger partial charge on any atom is -0.493 e. The fourth-order valence-electron chi connectivity index (χ4n) is 2.41. The van der Waals surface area contributed by atoms with Gasteiger partial charge in [-0.05, 0) is 31.9 Å². The SMILES string of the molecule is CCOC(=O)OC1(CCCCCCCOc2cccc(F)c2)CO1. The van der Waals surface area contributed by atoms with Crippen molar-refractivity contribution >= 4 is 6.16 Å². The van der Waals surface area contributed by atoms with E-state index in [1.165, 1.54) is 12.1 Å². The maximum absolute atomic E-state index is 13.0. The average Bonchev–Trinajstić information content (AvgIpc) is 3.30. The second-order valence-corrected chi connectivity index (χ2v) is 5.81. The highest BCUT2D eigenvalue weighted by molar-refractivity contribution is 5.60. The molecule has 1 aromatic rings. The summed E-state index contributed by atoms with van der Waals surface area (Å²) in [5.41, 5.74) is 0. The number of carbonyl (C=O) groups is 1. The van der Waals surface area contributed by atoms with E-state index in [0.717, 1.165) is 32.1 Å². The van der Waals surface area contributed by atoms with E-state index in [4.69, 9.17) is 18.9 Å². The van der Waals surface area contributed by atoms with Crippen molar-refractivity contribution in [2.75, 3.05) is 19.8 Å². The molecule has 0 aromatic heterocycles. The molecular formula is C18H25FO5. The first-order valence-electron chi connectivity index (χ1n) is 8.52. The standard InChI is InChI=1S/C18H25FO5/c1-2-21-17(20)24-18(14-23-18)11-6-4-3-5-7-12-22-16-10-8-9-15(19)13-16/h8-10,13H,2-7,11-12,14H2,1H3. The van der Waals surface area contributed by atoms with E-state index in [0.29, 0.717) is 32.0 Å². The first-order chi connectivity index (χ1) is 11.6. The lowest BCUT2D eigenvalue weighted by Gasteiger charge is -2.12. The van der Waals surface area contributed by atoms with Crippen LogP contribution in [0.25, 0.3) is 0 Å². The number of benzene rings is 1. The van der Waals surface area contributed by atoms with Crippen LogP contribution in [0.5, 0.6) is 5.75 Å².